The molecule has 0 N–H and O–H groups in total. The molecule has 72 valence electrons. The molecule has 0 aliphatic heterocycles. The van der Waals surface area contributed by atoms with Crippen molar-refractivity contribution >= 4 is 10.9 Å². The van der Waals surface area contributed by atoms with Crippen LogP contribution in [0.1, 0.15) is 30.9 Å². The standard InChI is InChI=1S/C12H14N2/c1-9-5-6-12-10(7-9)8-13-14(12)11-3-2-4-11/h5-8,11H,2-4H2,1H3. The summed E-state index contributed by atoms with van der Waals surface area (Å²) in [5.74, 6) is 0. The topological polar surface area (TPSA) is 17.8 Å². The second-order valence-corrected chi connectivity index (χ2v) is 4.24. The second-order valence-electron chi connectivity index (χ2n) is 4.24. The molecule has 1 aliphatic rings. The van der Waals surface area contributed by atoms with Gasteiger partial charge in [-0.25, -0.2) is 0 Å². The van der Waals surface area contributed by atoms with Crippen molar-refractivity contribution in [1.82, 2.24) is 9.78 Å². The molecule has 1 saturated carbocycles. The van der Waals surface area contributed by atoms with Gasteiger partial charge in [-0.05, 0) is 38.3 Å². The smallest absolute Gasteiger partial charge is 0.0685 e. The molecular formula is C12H14N2. The number of hydrogen-bond acceptors (Lipinski definition) is 1. The SMILES string of the molecule is Cc1ccc2c(cnn2C2CCC2)c1. The van der Waals surface area contributed by atoms with E-state index in [2.05, 4.69) is 34.9 Å². The predicted octanol–water partition coefficient (Wildman–Crippen LogP) is 3.07. The van der Waals surface area contributed by atoms with E-state index in [-0.39, 0.29) is 0 Å². The molecule has 0 radical (unpaired) electrons. The molecule has 1 heterocycles. The minimum Gasteiger partial charge on any atom is -0.262 e. The first-order valence-electron chi connectivity index (χ1n) is 5.28. The molecule has 1 fully saturated rings. The molecule has 0 atom stereocenters. The summed E-state index contributed by atoms with van der Waals surface area (Å²) in [7, 11) is 0. The van der Waals surface area contributed by atoms with Crippen molar-refractivity contribution in [2.45, 2.75) is 32.2 Å². The van der Waals surface area contributed by atoms with Crippen molar-refractivity contribution in [3.05, 3.63) is 30.0 Å². The highest BCUT2D eigenvalue weighted by Crippen LogP contribution is 2.33. The van der Waals surface area contributed by atoms with E-state index in [1.165, 1.54) is 35.7 Å². The minimum absolute atomic E-state index is 0.662. The van der Waals surface area contributed by atoms with Crippen molar-refractivity contribution in [3.8, 4) is 0 Å². The van der Waals surface area contributed by atoms with Crippen LogP contribution < -0.4 is 0 Å². The Hall–Kier alpha value is -1.31. The van der Waals surface area contributed by atoms with Crippen molar-refractivity contribution in [1.29, 1.82) is 0 Å². The fourth-order valence-corrected chi connectivity index (χ4v) is 2.09. The quantitative estimate of drug-likeness (QED) is 0.669. The highest BCUT2D eigenvalue weighted by atomic mass is 15.3. The van der Waals surface area contributed by atoms with Crippen molar-refractivity contribution in [2.75, 3.05) is 0 Å². The third-order valence-corrected chi connectivity index (χ3v) is 3.17. The lowest BCUT2D eigenvalue weighted by Gasteiger charge is -2.26. The molecule has 0 saturated heterocycles. The zero-order chi connectivity index (χ0) is 9.54. The number of fused-ring (bicyclic) bond motifs is 1. The van der Waals surface area contributed by atoms with Gasteiger partial charge in [-0.15, -0.1) is 0 Å². The first-order valence-corrected chi connectivity index (χ1v) is 5.28. The van der Waals surface area contributed by atoms with Crippen molar-refractivity contribution in [3.63, 3.8) is 0 Å². The van der Waals surface area contributed by atoms with Crippen LogP contribution in [0.25, 0.3) is 10.9 Å². The molecule has 14 heavy (non-hydrogen) atoms. The maximum absolute atomic E-state index is 4.48. The Balaban J connectivity index is 2.16. The van der Waals surface area contributed by atoms with Gasteiger partial charge in [-0.2, -0.15) is 5.10 Å². The molecule has 0 spiro atoms. The number of aryl methyl sites for hydroxylation is 1. The first kappa shape index (κ1) is 8.04. The zero-order valence-corrected chi connectivity index (χ0v) is 8.40. The van der Waals surface area contributed by atoms with Crippen LogP contribution in [0.15, 0.2) is 24.4 Å². The maximum atomic E-state index is 4.48. The molecular weight excluding hydrogens is 172 g/mol. The molecule has 1 aliphatic carbocycles. The highest BCUT2D eigenvalue weighted by Gasteiger charge is 2.21. The van der Waals surface area contributed by atoms with E-state index in [4.69, 9.17) is 0 Å². The average molecular weight is 186 g/mol. The minimum atomic E-state index is 0.662. The van der Waals surface area contributed by atoms with E-state index in [9.17, 15) is 0 Å². The van der Waals surface area contributed by atoms with Gasteiger partial charge in [-0.3, -0.25) is 4.68 Å². The van der Waals surface area contributed by atoms with Crippen LogP contribution in [-0.2, 0) is 0 Å². The Morgan fingerprint density at radius 1 is 1.36 bits per heavy atom. The predicted molar refractivity (Wildman–Crippen MR) is 57.4 cm³/mol. The van der Waals surface area contributed by atoms with E-state index >= 15 is 0 Å². The lowest BCUT2D eigenvalue weighted by molar-refractivity contribution is 0.297. The van der Waals surface area contributed by atoms with Crippen LogP contribution in [0.5, 0.6) is 0 Å². The van der Waals surface area contributed by atoms with Crippen LogP contribution >= 0.6 is 0 Å². The highest BCUT2D eigenvalue weighted by molar-refractivity contribution is 5.79. The summed E-state index contributed by atoms with van der Waals surface area (Å²) in [6.45, 7) is 2.13. The van der Waals surface area contributed by atoms with Gasteiger partial charge in [0.2, 0.25) is 0 Å². The Morgan fingerprint density at radius 2 is 2.21 bits per heavy atom. The van der Waals surface area contributed by atoms with Crippen LogP contribution in [-0.4, -0.2) is 9.78 Å². The Kier molecular flexibility index (Phi) is 1.63. The summed E-state index contributed by atoms with van der Waals surface area (Å²) in [4.78, 5) is 0. The molecule has 2 aromatic rings. The summed E-state index contributed by atoms with van der Waals surface area (Å²) >= 11 is 0. The molecule has 1 aromatic carbocycles. The summed E-state index contributed by atoms with van der Waals surface area (Å²) < 4.78 is 2.19. The normalized spacial score (nSPS) is 17.2. The van der Waals surface area contributed by atoms with Gasteiger partial charge in [0.1, 0.15) is 0 Å². The largest absolute Gasteiger partial charge is 0.262 e. The van der Waals surface area contributed by atoms with Crippen molar-refractivity contribution in [2.24, 2.45) is 0 Å². The van der Waals surface area contributed by atoms with Crippen LogP contribution in [0.3, 0.4) is 0 Å². The van der Waals surface area contributed by atoms with Gasteiger partial charge in [0.15, 0.2) is 0 Å². The monoisotopic (exact) mass is 186 g/mol. The molecule has 0 unspecified atom stereocenters. The van der Waals surface area contributed by atoms with Crippen molar-refractivity contribution < 1.29 is 0 Å². The number of benzene rings is 1. The number of aromatic nitrogens is 2. The van der Waals surface area contributed by atoms with Gasteiger partial charge in [0, 0.05) is 5.39 Å². The fourth-order valence-electron chi connectivity index (χ4n) is 2.09. The van der Waals surface area contributed by atoms with Crippen LogP contribution in [0.2, 0.25) is 0 Å². The Morgan fingerprint density at radius 3 is 2.93 bits per heavy atom. The fraction of sp³-hybridized carbons (Fsp3) is 0.417. The van der Waals surface area contributed by atoms with E-state index in [1.54, 1.807) is 0 Å². The summed E-state index contributed by atoms with van der Waals surface area (Å²) in [6, 6.07) is 7.22. The third kappa shape index (κ3) is 1.07. The van der Waals surface area contributed by atoms with Gasteiger partial charge in [0.25, 0.3) is 0 Å². The third-order valence-electron chi connectivity index (χ3n) is 3.17. The first-order chi connectivity index (χ1) is 6.84. The lowest BCUT2D eigenvalue weighted by atomic mass is 9.93. The van der Waals surface area contributed by atoms with Gasteiger partial charge < -0.3 is 0 Å². The van der Waals surface area contributed by atoms with Gasteiger partial charge >= 0.3 is 0 Å². The average Bonchev–Trinajstić information content (AvgIpc) is 2.45. The Bertz CT molecular complexity index is 466. The number of hydrogen-bond donors (Lipinski definition) is 0. The van der Waals surface area contributed by atoms with E-state index in [0.29, 0.717) is 6.04 Å². The summed E-state index contributed by atoms with van der Waals surface area (Å²) in [5, 5.41) is 5.75. The lowest BCUT2D eigenvalue weighted by Crippen LogP contribution is -2.17. The van der Waals surface area contributed by atoms with E-state index in [1.807, 2.05) is 6.20 Å². The Labute approximate surface area is 83.5 Å². The van der Waals surface area contributed by atoms with Gasteiger partial charge in [0.05, 0.1) is 17.8 Å². The summed E-state index contributed by atoms with van der Waals surface area (Å²) in [6.07, 6.45) is 5.94. The number of nitrogens with zero attached hydrogens (tertiary/aromatic N) is 2. The molecule has 1 aromatic heterocycles. The maximum Gasteiger partial charge on any atom is 0.0685 e. The molecule has 3 rings (SSSR count). The molecule has 0 bridgehead atoms. The van der Waals surface area contributed by atoms with Gasteiger partial charge in [-0.1, -0.05) is 11.6 Å². The van der Waals surface area contributed by atoms with Crippen LogP contribution in [0, 0.1) is 6.92 Å². The van der Waals surface area contributed by atoms with E-state index < -0.39 is 0 Å². The summed E-state index contributed by atoms with van der Waals surface area (Å²) in [5.41, 5.74) is 2.60. The molecule has 2 heteroatoms. The molecule has 2 nitrogen and oxygen atoms in total. The zero-order valence-electron chi connectivity index (χ0n) is 8.40. The second kappa shape index (κ2) is 2.84. The molecule has 0 amide bonds. The van der Waals surface area contributed by atoms with Crippen LogP contribution in [0.4, 0.5) is 0 Å². The van der Waals surface area contributed by atoms with E-state index in [0.717, 1.165) is 0 Å². The number of rotatable bonds is 1.